The first kappa shape index (κ1) is 16.1. The van der Waals surface area contributed by atoms with Gasteiger partial charge >= 0.3 is 0 Å². The summed E-state index contributed by atoms with van der Waals surface area (Å²) in [6, 6.07) is 4.48. The molecule has 1 aromatic carbocycles. The summed E-state index contributed by atoms with van der Waals surface area (Å²) < 4.78 is 0. The third-order valence-corrected chi connectivity index (χ3v) is 3.56. The maximum absolute atomic E-state index is 11.8. The van der Waals surface area contributed by atoms with Crippen LogP contribution in [0.1, 0.15) is 24.5 Å². The van der Waals surface area contributed by atoms with Gasteiger partial charge in [0, 0.05) is 29.1 Å². The highest BCUT2D eigenvalue weighted by Crippen LogP contribution is 2.28. The van der Waals surface area contributed by atoms with Crippen LogP contribution >= 0.6 is 23.2 Å². The Labute approximate surface area is 132 Å². The van der Waals surface area contributed by atoms with Crippen LogP contribution in [0.5, 0.6) is 0 Å². The van der Waals surface area contributed by atoms with E-state index in [1.807, 2.05) is 0 Å². The first-order valence-corrected chi connectivity index (χ1v) is 7.42. The topological polar surface area (TPSA) is 78.4 Å². The number of nitrogens with one attached hydrogen (secondary N) is 2. The zero-order chi connectivity index (χ0) is 15.4. The van der Waals surface area contributed by atoms with Crippen molar-refractivity contribution in [3.63, 3.8) is 0 Å². The summed E-state index contributed by atoms with van der Waals surface area (Å²) in [6.07, 6.45) is 0.527. The van der Waals surface area contributed by atoms with Gasteiger partial charge in [0.1, 0.15) is 0 Å². The van der Waals surface area contributed by atoms with E-state index >= 15 is 0 Å². The second-order valence-corrected chi connectivity index (χ2v) is 5.83. The highest BCUT2D eigenvalue weighted by molar-refractivity contribution is 6.34. The fraction of sp³-hybridized carbons (Fsp3) is 0.429. The lowest BCUT2D eigenvalue weighted by Crippen LogP contribution is -2.37. The largest absolute Gasteiger partial charge is 0.378 e. The van der Waals surface area contributed by atoms with Crippen LogP contribution < -0.4 is 10.6 Å². The molecule has 1 aliphatic rings. The van der Waals surface area contributed by atoms with Crippen LogP contribution in [0.3, 0.4) is 0 Å². The van der Waals surface area contributed by atoms with Gasteiger partial charge in [0.05, 0.1) is 0 Å². The minimum absolute atomic E-state index is 0.0198. The number of aliphatic hydroxyl groups is 1. The summed E-state index contributed by atoms with van der Waals surface area (Å²) in [6.45, 7) is 0.590. The average Bonchev–Trinajstić information content (AvgIpc) is 3.25. The van der Waals surface area contributed by atoms with Gasteiger partial charge in [0.25, 0.3) is 5.91 Å². The molecule has 0 aliphatic heterocycles. The summed E-state index contributed by atoms with van der Waals surface area (Å²) in [5.41, 5.74) is 0.326. The summed E-state index contributed by atoms with van der Waals surface area (Å²) in [4.78, 5) is 23.2. The quantitative estimate of drug-likeness (QED) is 0.694. The maximum Gasteiger partial charge on any atom is 0.253 e. The van der Waals surface area contributed by atoms with E-state index in [4.69, 9.17) is 23.2 Å². The van der Waals surface area contributed by atoms with Gasteiger partial charge in [-0.05, 0) is 36.6 Å². The molecule has 5 nitrogen and oxygen atoms in total. The van der Waals surface area contributed by atoms with Gasteiger partial charge in [-0.2, -0.15) is 0 Å². The Morgan fingerprint density at radius 1 is 1.14 bits per heavy atom. The minimum atomic E-state index is -1.35. The van der Waals surface area contributed by atoms with Crippen molar-refractivity contribution in [2.75, 3.05) is 13.1 Å². The van der Waals surface area contributed by atoms with Gasteiger partial charge in [-0.15, -0.1) is 0 Å². The Hall–Kier alpha value is -1.30. The molecule has 21 heavy (non-hydrogen) atoms. The van der Waals surface area contributed by atoms with Crippen LogP contribution in [0.25, 0.3) is 0 Å². The fourth-order valence-corrected chi connectivity index (χ4v) is 2.39. The Balaban J connectivity index is 1.77. The van der Waals surface area contributed by atoms with Crippen LogP contribution in [0, 0.1) is 5.92 Å². The van der Waals surface area contributed by atoms with Gasteiger partial charge in [0.2, 0.25) is 5.91 Å². The normalized spacial score (nSPS) is 15.4. The van der Waals surface area contributed by atoms with Crippen molar-refractivity contribution in [1.29, 1.82) is 0 Å². The molecular formula is C14H16Cl2N2O3. The smallest absolute Gasteiger partial charge is 0.253 e. The maximum atomic E-state index is 11.8. The molecule has 1 saturated carbocycles. The van der Waals surface area contributed by atoms with Crippen molar-refractivity contribution < 1.29 is 14.7 Å². The lowest BCUT2D eigenvalue weighted by Gasteiger charge is -2.12. The number of hydrogen-bond acceptors (Lipinski definition) is 3. The number of amides is 2. The number of hydrogen-bond donors (Lipinski definition) is 3. The molecule has 0 radical (unpaired) electrons. The second-order valence-electron chi connectivity index (χ2n) is 4.96. The van der Waals surface area contributed by atoms with E-state index in [9.17, 15) is 14.7 Å². The zero-order valence-electron chi connectivity index (χ0n) is 11.2. The highest BCUT2D eigenvalue weighted by Gasteiger charge is 2.29. The second kappa shape index (κ2) is 7.11. The molecule has 0 aromatic heterocycles. The molecule has 1 aromatic rings. The molecule has 114 valence electrons. The van der Waals surface area contributed by atoms with Crippen molar-refractivity contribution in [1.82, 2.24) is 10.6 Å². The highest BCUT2D eigenvalue weighted by atomic mass is 35.5. The Bertz CT molecular complexity index is 527. The number of benzene rings is 1. The van der Waals surface area contributed by atoms with Crippen molar-refractivity contribution >= 4 is 35.0 Å². The van der Waals surface area contributed by atoms with E-state index in [0.29, 0.717) is 22.2 Å². The fourth-order valence-electron chi connectivity index (χ4n) is 1.84. The minimum Gasteiger partial charge on any atom is -0.378 e. The summed E-state index contributed by atoms with van der Waals surface area (Å²) in [7, 11) is 0. The van der Waals surface area contributed by atoms with Gasteiger partial charge in [-0.3, -0.25) is 9.59 Å². The monoisotopic (exact) mass is 330 g/mol. The molecule has 0 saturated heterocycles. The molecule has 0 heterocycles. The summed E-state index contributed by atoms with van der Waals surface area (Å²) in [5, 5.41) is 15.9. The van der Waals surface area contributed by atoms with Crippen LogP contribution in [-0.4, -0.2) is 30.0 Å². The molecule has 2 rings (SSSR count). The van der Waals surface area contributed by atoms with Gasteiger partial charge < -0.3 is 15.7 Å². The lowest BCUT2D eigenvalue weighted by atomic mass is 10.1. The van der Waals surface area contributed by atoms with E-state index < -0.39 is 12.0 Å². The predicted molar refractivity (Wildman–Crippen MR) is 80.2 cm³/mol. The van der Waals surface area contributed by atoms with E-state index in [1.54, 1.807) is 0 Å². The number of aliphatic hydroxyl groups excluding tert-OH is 1. The number of carbonyl (C=O) groups is 2. The van der Waals surface area contributed by atoms with Crippen molar-refractivity contribution in [2.24, 2.45) is 5.92 Å². The molecule has 1 unspecified atom stereocenters. The standard InChI is InChI=1S/C14H16Cl2N2O3/c15-10-5-9(6-11(16)7-10)12(19)14(21)18-4-3-17-13(20)8-1-2-8/h5-8,12,19H,1-4H2,(H,17,20)(H,18,21). The van der Waals surface area contributed by atoms with Crippen molar-refractivity contribution in [2.45, 2.75) is 18.9 Å². The molecule has 7 heteroatoms. The first-order chi connectivity index (χ1) is 9.97. The first-order valence-electron chi connectivity index (χ1n) is 6.67. The molecule has 1 atom stereocenters. The number of halogens is 2. The molecule has 1 fully saturated rings. The third-order valence-electron chi connectivity index (χ3n) is 3.12. The van der Waals surface area contributed by atoms with Gasteiger partial charge in [-0.25, -0.2) is 0 Å². The molecule has 2 amide bonds. The molecule has 0 spiro atoms. The Morgan fingerprint density at radius 3 is 2.29 bits per heavy atom. The van der Waals surface area contributed by atoms with E-state index in [-0.39, 0.29) is 18.4 Å². The average molecular weight is 331 g/mol. The Morgan fingerprint density at radius 2 is 1.71 bits per heavy atom. The van der Waals surface area contributed by atoms with Gasteiger partial charge in [0.15, 0.2) is 6.10 Å². The predicted octanol–water partition coefficient (Wildman–Crippen LogP) is 1.67. The SMILES string of the molecule is O=C(NCCNC(=O)C(O)c1cc(Cl)cc(Cl)c1)C1CC1. The van der Waals surface area contributed by atoms with Crippen LogP contribution in [0.2, 0.25) is 10.0 Å². The molecule has 3 N–H and O–H groups in total. The Kier molecular flexibility index (Phi) is 5.45. The van der Waals surface area contributed by atoms with Crippen molar-refractivity contribution in [3.8, 4) is 0 Å². The summed E-state index contributed by atoms with van der Waals surface area (Å²) >= 11 is 11.6. The molecule has 0 bridgehead atoms. The third kappa shape index (κ3) is 4.88. The van der Waals surface area contributed by atoms with E-state index in [1.165, 1.54) is 18.2 Å². The lowest BCUT2D eigenvalue weighted by molar-refractivity contribution is -0.130. The van der Waals surface area contributed by atoms with Crippen molar-refractivity contribution in [3.05, 3.63) is 33.8 Å². The van der Waals surface area contributed by atoms with Gasteiger partial charge in [-0.1, -0.05) is 23.2 Å². The molecular weight excluding hydrogens is 315 g/mol. The van der Waals surface area contributed by atoms with Crippen LogP contribution in [0.15, 0.2) is 18.2 Å². The molecule has 1 aliphatic carbocycles. The van der Waals surface area contributed by atoms with E-state index in [0.717, 1.165) is 12.8 Å². The van der Waals surface area contributed by atoms with Crippen LogP contribution in [0.4, 0.5) is 0 Å². The van der Waals surface area contributed by atoms with E-state index in [2.05, 4.69) is 10.6 Å². The zero-order valence-corrected chi connectivity index (χ0v) is 12.7. The number of rotatable bonds is 6. The summed E-state index contributed by atoms with van der Waals surface area (Å²) in [5.74, 6) is -0.402. The van der Waals surface area contributed by atoms with Crippen LogP contribution in [-0.2, 0) is 9.59 Å². The number of carbonyl (C=O) groups excluding carboxylic acids is 2.